The molecule has 6 nitrogen and oxygen atoms in total. The molecule has 0 saturated carbocycles. The van der Waals surface area contributed by atoms with Gasteiger partial charge in [0.1, 0.15) is 11.5 Å². The number of pyridine rings is 1. The third-order valence-corrected chi connectivity index (χ3v) is 5.70. The number of halogens is 2. The second kappa shape index (κ2) is 8.27. The van der Waals surface area contributed by atoms with Gasteiger partial charge in [-0.15, -0.1) is 0 Å². The molecule has 4 N–H and O–H groups in total. The smallest absolute Gasteiger partial charge is 0.141 e. The van der Waals surface area contributed by atoms with Crippen molar-refractivity contribution in [1.82, 2.24) is 9.38 Å². The van der Waals surface area contributed by atoms with Gasteiger partial charge in [0.05, 0.1) is 19.4 Å². The molecule has 1 saturated heterocycles. The van der Waals surface area contributed by atoms with Crippen LogP contribution < -0.4 is 16.4 Å². The van der Waals surface area contributed by atoms with Crippen LogP contribution in [0.25, 0.3) is 16.8 Å². The van der Waals surface area contributed by atoms with Gasteiger partial charge in [-0.3, -0.25) is 4.40 Å². The maximum Gasteiger partial charge on any atom is 0.141 e. The Hall–Kier alpha value is -1.83. The van der Waals surface area contributed by atoms with Gasteiger partial charge in [0, 0.05) is 52.6 Å². The Morgan fingerprint density at radius 2 is 1.86 bits per heavy atom. The number of anilines is 1. The third kappa shape index (κ3) is 3.47. The molecular weight excluding hydrogens is 397 g/mol. The highest BCUT2D eigenvalue weighted by Crippen LogP contribution is 2.36. The van der Waals surface area contributed by atoms with Crippen LogP contribution in [0.3, 0.4) is 0 Å². The minimum Gasteiger partial charge on any atom is -0.378 e. The second-order valence-electron chi connectivity index (χ2n) is 6.78. The summed E-state index contributed by atoms with van der Waals surface area (Å²) in [6, 6.07) is 5.53. The molecule has 2 aromatic heterocycles. The summed E-state index contributed by atoms with van der Waals surface area (Å²) in [5.41, 5.74) is 16.9. The molecule has 1 aromatic carbocycles. The van der Waals surface area contributed by atoms with Crippen LogP contribution in [-0.4, -0.2) is 42.2 Å². The summed E-state index contributed by atoms with van der Waals surface area (Å²) in [4.78, 5) is 6.99. The lowest BCUT2D eigenvalue weighted by molar-refractivity contribution is 0.122. The molecule has 1 aliphatic rings. The van der Waals surface area contributed by atoms with Crippen LogP contribution in [0.15, 0.2) is 30.6 Å². The minimum atomic E-state index is 0.375. The van der Waals surface area contributed by atoms with Crippen LogP contribution in [0, 0.1) is 0 Å². The first-order valence-corrected chi connectivity index (χ1v) is 10.1. The fourth-order valence-corrected chi connectivity index (χ4v) is 4.32. The number of benzene rings is 1. The Kier molecular flexibility index (Phi) is 5.75. The number of morpholine rings is 1. The number of hydrogen-bond donors (Lipinski definition) is 2. The van der Waals surface area contributed by atoms with Gasteiger partial charge < -0.3 is 21.1 Å². The zero-order valence-electron chi connectivity index (χ0n) is 15.5. The number of fused-ring (bicyclic) bond motifs is 1. The monoisotopic (exact) mass is 419 g/mol. The van der Waals surface area contributed by atoms with Gasteiger partial charge in [-0.05, 0) is 30.7 Å². The van der Waals surface area contributed by atoms with Crippen LogP contribution in [0.1, 0.15) is 11.1 Å². The summed E-state index contributed by atoms with van der Waals surface area (Å²) in [5.74, 6) is 1.03. The van der Waals surface area contributed by atoms with Gasteiger partial charge in [0.15, 0.2) is 0 Å². The first-order valence-electron chi connectivity index (χ1n) is 9.34. The average molecular weight is 420 g/mol. The van der Waals surface area contributed by atoms with Crippen molar-refractivity contribution in [2.24, 2.45) is 11.5 Å². The van der Waals surface area contributed by atoms with E-state index in [-0.39, 0.29) is 0 Å². The first kappa shape index (κ1) is 19.5. The largest absolute Gasteiger partial charge is 0.378 e. The molecule has 1 aliphatic heterocycles. The topological polar surface area (TPSA) is 81.8 Å². The van der Waals surface area contributed by atoms with E-state index in [2.05, 4.69) is 15.5 Å². The average Bonchev–Trinajstić information content (AvgIpc) is 3.12. The van der Waals surface area contributed by atoms with Crippen molar-refractivity contribution in [1.29, 1.82) is 0 Å². The van der Waals surface area contributed by atoms with Crippen LogP contribution in [0.5, 0.6) is 0 Å². The van der Waals surface area contributed by atoms with Gasteiger partial charge in [-0.2, -0.15) is 0 Å². The summed E-state index contributed by atoms with van der Waals surface area (Å²) >= 11 is 12.6. The third-order valence-electron chi connectivity index (χ3n) is 5.15. The Labute approximate surface area is 174 Å². The lowest BCUT2D eigenvalue weighted by atomic mass is 9.96. The van der Waals surface area contributed by atoms with Crippen molar-refractivity contribution in [2.75, 3.05) is 37.7 Å². The lowest BCUT2D eigenvalue weighted by Crippen LogP contribution is -2.36. The van der Waals surface area contributed by atoms with Gasteiger partial charge in [0.25, 0.3) is 0 Å². The molecule has 0 atom stereocenters. The van der Waals surface area contributed by atoms with Crippen LogP contribution in [0.2, 0.25) is 10.0 Å². The van der Waals surface area contributed by atoms with Crippen LogP contribution in [0.4, 0.5) is 5.82 Å². The highest BCUT2D eigenvalue weighted by Gasteiger charge is 2.21. The van der Waals surface area contributed by atoms with E-state index in [1.54, 1.807) is 6.07 Å². The summed E-state index contributed by atoms with van der Waals surface area (Å²) in [5, 5.41) is 1.19. The van der Waals surface area contributed by atoms with E-state index in [1.807, 2.05) is 18.3 Å². The lowest BCUT2D eigenvalue weighted by Gasteiger charge is -2.28. The molecular formula is C20H23Cl2N5O. The number of imidazole rings is 1. The predicted molar refractivity (Wildman–Crippen MR) is 114 cm³/mol. The fraction of sp³-hybridized carbons (Fsp3) is 0.350. The van der Waals surface area contributed by atoms with Crippen molar-refractivity contribution in [3.8, 4) is 11.1 Å². The summed E-state index contributed by atoms with van der Waals surface area (Å²) < 4.78 is 7.62. The standard InChI is InChI=1S/C20H23Cl2N5O/c21-13-1-2-14(18(22)9-13)17-12-27-19(26-5-7-28-8-6-26)11-25-20(27)15(3-4-23)16(17)10-24/h1-2,9,11-12H,3-8,10,23-24H2. The number of hydrogen-bond acceptors (Lipinski definition) is 5. The van der Waals surface area contributed by atoms with Crippen molar-refractivity contribution in [2.45, 2.75) is 13.0 Å². The van der Waals surface area contributed by atoms with Crippen molar-refractivity contribution in [3.05, 3.63) is 51.8 Å². The zero-order valence-corrected chi connectivity index (χ0v) is 17.0. The van der Waals surface area contributed by atoms with Gasteiger partial charge >= 0.3 is 0 Å². The SMILES string of the molecule is NCCc1c(CN)c(-c2ccc(Cl)cc2Cl)cn2c(N3CCOCC3)cnc12. The molecule has 8 heteroatoms. The summed E-state index contributed by atoms with van der Waals surface area (Å²) in [6.45, 7) is 3.96. The van der Waals surface area contributed by atoms with E-state index >= 15 is 0 Å². The van der Waals surface area contributed by atoms with E-state index in [0.29, 0.717) is 42.8 Å². The molecule has 0 aliphatic carbocycles. The molecule has 3 heterocycles. The number of aromatic nitrogens is 2. The van der Waals surface area contributed by atoms with Gasteiger partial charge in [-0.1, -0.05) is 29.3 Å². The molecule has 4 rings (SSSR count). The number of rotatable bonds is 5. The molecule has 28 heavy (non-hydrogen) atoms. The quantitative estimate of drug-likeness (QED) is 0.663. The van der Waals surface area contributed by atoms with Crippen molar-refractivity contribution < 1.29 is 4.74 Å². The van der Waals surface area contributed by atoms with E-state index < -0.39 is 0 Å². The van der Waals surface area contributed by atoms with E-state index in [0.717, 1.165) is 46.8 Å². The molecule has 3 aromatic rings. The Morgan fingerprint density at radius 1 is 1.07 bits per heavy atom. The fourth-order valence-electron chi connectivity index (χ4n) is 3.81. The predicted octanol–water partition coefficient (Wildman–Crippen LogP) is 3.10. The van der Waals surface area contributed by atoms with E-state index in [4.69, 9.17) is 44.4 Å². The van der Waals surface area contributed by atoms with Crippen LogP contribution in [-0.2, 0) is 17.7 Å². The summed E-state index contributed by atoms with van der Waals surface area (Å²) in [7, 11) is 0. The Morgan fingerprint density at radius 3 is 2.54 bits per heavy atom. The highest BCUT2D eigenvalue weighted by atomic mass is 35.5. The van der Waals surface area contributed by atoms with E-state index in [1.165, 1.54) is 0 Å². The molecule has 0 unspecified atom stereocenters. The molecule has 0 spiro atoms. The number of nitrogens with zero attached hydrogens (tertiary/aromatic N) is 3. The minimum absolute atomic E-state index is 0.375. The second-order valence-corrected chi connectivity index (χ2v) is 7.62. The Balaban J connectivity index is 1.97. The first-order chi connectivity index (χ1) is 13.6. The normalized spacial score (nSPS) is 14.8. The highest BCUT2D eigenvalue weighted by molar-refractivity contribution is 6.36. The van der Waals surface area contributed by atoms with Crippen molar-refractivity contribution >= 4 is 34.7 Å². The molecule has 0 amide bonds. The number of nitrogens with two attached hydrogens (primary N) is 2. The summed E-state index contributed by atoms with van der Waals surface area (Å²) in [6.07, 6.45) is 4.67. The van der Waals surface area contributed by atoms with Crippen molar-refractivity contribution in [3.63, 3.8) is 0 Å². The molecule has 1 fully saturated rings. The van der Waals surface area contributed by atoms with Gasteiger partial charge in [0.2, 0.25) is 0 Å². The van der Waals surface area contributed by atoms with Crippen LogP contribution >= 0.6 is 23.2 Å². The Bertz CT molecular complexity index is 998. The zero-order chi connectivity index (χ0) is 19.7. The number of ether oxygens (including phenoxy) is 1. The molecule has 148 valence electrons. The van der Waals surface area contributed by atoms with Gasteiger partial charge in [-0.25, -0.2) is 4.98 Å². The maximum absolute atomic E-state index is 6.53. The maximum atomic E-state index is 6.53. The van der Waals surface area contributed by atoms with E-state index in [9.17, 15) is 0 Å². The molecule has 0 bridgehead atoms. The molecule has 0 radical (unpaired) electrons.